The summed E-state index contributed by atoms with van der Waals surface area (Å²) in [6.45, 7) is 0.817. The number of aromatic nitrogens is 2. The van der Waals surface area contributed by atoms with Gasteiger partial charge in [-0.3, -0.25) is 5.10 Å². The van der Waals surface area contributed by atoms with Crippen LogP contribution in [0, 0.1) is 5.82 Å². The Morgan fingerprint density at radius 3 is 2.71 bits per heavy atom. The first-order valence-corrected chi connectivity index (χ1v) is 7.87. The molecule has 3 rings (SSSR count). The lowest BCUT2D eigenvalue weighted by atomic mass is 10.2. The number of nitrogens with zero attached hydrogens (tertiary/aromatic N) is 2. The molecule has 1 aliphatic rings. The van der Waals surface area contributed by atoms with Crippen molar-refractivity contribution in [3.05, 3.63) is 48.0 Å². The van der Waals surface area contributed by atoms with E-state index in [2.05, 4.69) is 10.2 Å². The topological polar surface area (TPSA) is 75.3 Å². The zero-order valence-corrected chi connectivity index (χ0v) is 11.9. The highest BCUT2D eigenvalue weighted by Gasteiger charge is 2.35. The van der Waals surface area contributed by atoms with Crippen LogP contribution < -0.4 is 0 Å². The first-order valence-electron chi connectivity index (χ1n) is 6.43. The van der Waals surface area contributed by atoms with Crippen molar-refractivity contribution < 1.29 is 17.5 Å². The van der Waals surface area contributed by atoms with Crippen LogP contribution in [0.3, 0.4) is 0 Å². The number of nitrogens with one attached hydrogen (secondary N) is 1. The summed E-state index contributed by atoms with van der Waals surface area (Å²) in [5, 5.41) is 6.62. The van der Waals surface area contributed by atoms with Gasteiger partial charge in [0.25, 0.3) is 0 Å². The van der Waals surface area contributed by atoms with Gasteiger partial charge in [0, 0.05) is 12.7 Å². The maximum atomic E-state index is 13.0. The molecule has 1 N–H and O–H groups in total. The minimum Gasteiger partial charge on any atom is -0.378 e. The zero-order valence-electron chi connectivity index (χ0n) is 11.1. The normalized spacial score (nSPS) is 20.5. The van der Waals surface area contributed by atoms with E-state index in [9.17, 15) is 12.8 Å². The van der Waals surface area contributed by atoms with Gasteiger partial charge in [0.2, 0.25) is 10.0 Å². The Morgan fingerprint density at radius 1 is 1.29 bits per heavy atom. The largest absolute Gasteiger partial charge is 0.378 e. The summed E-state index contributed by atoms with van der Waals surface area (Å²) in [4.78, 5) is 0.0651. The van der Waals surface area contributed by atoms with Crippen LogP contribution in [0.5, 0.6) is 0 Å². The molecule has 1 aromatic heterocycles. The molecule has 0 spiro atoms. The molecule has 0 amide bonds. The van der Waals surface area contributed by atoms with Gasteiger partial charge < -0.3 is 4.74 Å². The number of hydrogen-bond donors (Lipinski definition) is 1. The summed E-state index contributed by atoms with van der Waals surface area (Å²) >= 11 is 0. The van der Waals surface area contributed by atoms with Crippen LogP contribution in [-0.2, 0) is 14.8 Å². The summed E-state index contributed by atoms with van der Waals surface area (Å²) in [5.74, 6) is -0.471. The quantitative estimate of drug-likeness (QED) is 0.927. The predicted molar refractivity (Wildman–Crippen MR) is 72.4 cm³/mol. The molecule has 6 nitrogen and oxygen atoms in total. The molecule has 0 unspecified atom stereocenters. The molecule has 0 bridgehead atoms. The van der Waals surface area contributed by atoms with Crippen molar-refractivity contribution in [2.75, 3.05) is 19.8 Å². The maximum absolute atomic E-state index is 13.0. The molecule has 1 fully saturated rings. The van der Waals surface area contributed by atoms with Crippen molar-refractivity contribution in [1.82, 2.24) is 14.5 Å². The monoisotopic (exact) mass is 311 g/mol. The van der Waals surface area contributed by atoms with Crippen molar-refractivity contribution in [2.45, 2.75) is 10.9 Å². The Bertz CT molecular complexity index is 701. The first-order chi connectivity index (χ1) is 10.1. The van der Waals surface area contributed by atoms with E-state index >= 15 is 0 Å². The Morgan fingerprint density at radius 2 is 2.05 bits per heavy atom. The van der Waals surface area contributed by atoms with Crippen LogP contribution in [0.4, 0.5) is 4.39 Å². The fourth-order valence-corrected chi connectivity index (χ4v) is 3.89. The summed E-state index contributed by atoms with van der Waals surface area (Å²) in [6, 6.07) is 6.06. The summed E-state index contributed by atoms with van der Waals surface area (Å²) < 4.78 is 45.1. The Balaban J connectivity index is 1.97. The molecule has 0 radical (unpaired) electrons. The number of benzene rings is 1. The fourth-order valence-electron chi connectivity index (χ4n) is 2.32. The van der Waals surface area contributed by atoms with Gasteiger partial charge in [-0.05, 0) is 30.3 Å². The molecule has 0 aliphatic carbocycles. The van der Waals surface area contributed by atoms with E-state index in [1.54, 1.807) is 12.3 Å². The number of aromatic amines is 1. The molecule has 8 heteroatoms. The number of morpholine rings is 1. The van der Waals surface area contributed by atoms with Crippen LogP contribution in [0.2, 0.25) is 0 Å². The van der Waals surface area contributed by atoms with Gasteiger partial charge >= 0.3 is 0 Å². The molecule has 2 aromatic rings. The molecule has 1 aliphatic heterocycles. The molecular formula is C13H14FN3O3S. The smallest absolute Gasteiger partial charge is 0.243 e. The highest BCUT2D eigenvalue weighted by atomic mass is 32.2. The molecule has 1 aromatic carbocycles. The number of hydrogen-bond acceptors (Lipinski definition) is 4. The molecule has 2 heterocycles. The van der Waals surface area contributed by atoms with Gasteiger partial charge in [-0.1, -0.05) is 0 Å². The van der Waals surface area contributed by atoms with Crippen LogP contribution in [0.1, 0.15) is 11.7 Å². The molecule has 21 heavy (non-hydrogen) atoms. The van der Waals surface area contributed by atoms with Crippen molar-refractivity contribution in [2.24, 2.45) is 0 Å². The van der Waals surface area contributed by atoms with E-state index in [1.807, 2.05) is 0 Å². The predicted octanol–water partition coefficient (Wildman–Crippen LogP) is 1.31. The minimum atomic E-state index is -3.72. The lowest BCUT2D eigenvalue weighted by Gasteiger charge is -2.33. The van der Waals surface area contributed by atoms with Gasteiger partial charge in [0.1, 0.15) is 5.82 Å². The lowest BCUT2D eigenvalue weighted by Crippen LogP contribution is -2.43. The van der Waals surface area contributed by atoms with E-state index in [1.165, 1.54) is 16.4 Å². The third-order valence-corrected chi connectivity index (χ3v) is 5.30. The van der Waals surface area contributed by atoms with Gasteiger partial charge in [0.05, 0.1) is 29.8 Å². The minimum absolute atomic E-state index is 0.0651. The number of halogens is 1. The average molecular weight is 311 g/mol. The Kier molecular flexibility index (Phi) is 3.75. The molecular weight excluding hydrogens is 297 g/mol. The molecule has 0 saturated carbocycles. The Hall–Kier alpha value is -1.77. The molecule has 1 saturated heterocycles. The second kappa shape index (κ2) is 5.55. The second-order valence-electron chi connectivity index (χ2n) is 4.67. The highest BCUT2D eigenvalue weighted by Crippen LogP contribution is 2.29. The third-order valence-electron chi connectivity index (χ3n) is 3.38. The summed E-state index contributed by atoms with van der Waals surface area (Å²) in [6.07, 6.45) is 1.56. The van der Waals surface area contributed by atoms with Crippen molar-refractivity contribution in [1.29, 1.82) is 0 Å². The number of H-pyrrole nitrogens is 1. The zero-order chi connectivity index (χ0) is 14.9. The van der Waals surface area contributed by atoms with Gasteiger partial charge in [-0.2, -0.15) is 9.40 Å². The summed E-state index contributed by atoms with van der Waals surface area (Å²) in [7, 11) is -3.72. The van der Waals surface area contributed by atoms with E-state index in [-0.39, 0.29) is 18.0 Å². The maximum Gasteiger partial charge on any atom is 0.243 e. The van der Waals surface area contributed by atoms with Crippen LogP contribution in [0.25, 0.3) is 0 Å². The fraction of sp³-hybridized carbons (Fsp3) is 0.308. The van der Waals surface area contributed by atoms with E-state index in [0.717, 1.165) is 12.1 Å². The van der Waals surface area contributed by atoms with Crippen molar-refractivity contribution in [3.8, 4) is 0 Å². The Labute approximate surface area is 121 Å². The third kappa shape index (κ3) is 2.69. The van der Waals surface area contributed by atoms with Gasteiger partial charge in [-0.25, -0.2) is 12.8 Å². The van der Waals surface area contributed by atoms with E-state index < -0.39 is 21.9 Å². The number of rotatable bonds is 3. The average Bonchev–Trinajstić information content (AvgIpc) is 3.02. The SMILES string of the molecule is O=S(=O)(c1ccc(F)cc1)N1CCOC[C@@H]1c1ccn[nH]1. The van der Waals surface area contributed by atoms with Crippen LogP contribution in [0.15, 0.2) is 41.4 Å². The summed E-state index contributed by atoms with van der Waals surface area (Å²) in [5.41, 5.74) is 0.667. The van der Waals surface area contributed by atoms with Crippen molar-refractivity contribution >= 4 is 10.0 Å². The number of ether oxygens (including phenoxy) is 1. The second-order valence-corrected chi connectivity index (χ2v) is 6.56. The van der Waals surface area contributed by atoms with Crippen LogP contribution >= 0.6 is 0 Å². The van der Waals surface area contributed by atoms with Crippen molar-refractivity contribution in [3.63, 3.8) is 0 Å². The molecule has 112 valence electrons. The van der Waals surface area contributed by atoms with E-state index in [0.29, 0.717) is 12.3 Å². The number of sulfonamides is 1. The van der Waals surface area contributed by atoms with E-state index in [4.69, 9.17) is 4.74 Å². The van der Waals surface area contributed by atoms with Gasteiger partial charge in [-0.15, -0.1) is 0 Å². The van der Waals surface area contributed by atoms with Gasteiger partial charge in [0.15, 0.2) is 0 Å². The highest BCUT2D eigenvalue weighted by molar-refractivity contribution is 7.89. The molecule has 1 atom stereocenters. The first kappa shape index (κ1) is 14.2. The lowest BCUT2D eigenvalue weighted by molar-refractivity contribution is 0.0306. The van der Waals surface area contributed by atoms with Crippen LogP contribution in [-0.4, -0.2) is 42.7 Å². The standard InChI is InChI=1S/C13H14FN3O3S/c14-10-1-3-11(4-2-10)21(18,19)17-7-8-20-9-13(17)12-5-6-15-16-12/h1-6,13H,7-9H2,(H,15,16)/t13-/m1/s1.